The lowest BCUT2D eigenvalue weighted by Gasteiger charge is -2.20. The normalized spacial score (nSPS) is 13.2. The van der Waals surface area contributed by atoms with Gasteiger partial charge < -0.3 is 5.73 Å². The molecule has 2 N–H and O–H groups in total. The van der Waals surface area contributed by atoms with Gasteiger partial charge in [-0.1, -0.05) is 55.1 Å². The minimum Gasteiger partial charge on any atom is -0.399 e. The van der Waals surface area contributed by atoms with Crippen LogP contribution in [0.3, 0.4) is 0 Å². The molecule has 0 spiro atoms. The van der Waals surface area contributed by atoms with Crippen LogP contribution in [0.5, 0.6) is 0 Å². The first-order valence-corrected chi connectivity index (χ1v) is 13.6. The lowest BCUT2D eigenvalue weighted by Crippen LogP contribution is -2.13. The number of imidazole rings is 1. The summed E-state index contributed by atoms with van der Waals surface area (Å²) in [5.74, 6) is 0. The Morgan fingerprint density at radius 3 is 1.95 bits per heavy atom. The maximum absolute atomic E-state index is 14.0. The van der Waals surface area contributed by atoms with Crippen LogP contribution in [0, 0.1) is 6.92 Å². The van der Waals surface area contributed by atoms with E-state index in [1.165, 1.54) is 48.7 Å². The Labute approximate surface area is 227 Å². The van der Waals surface area contributed by atoms with Crippen LogP contribution in [0.15, 0.2) is 78.1 Å². The Morgan fingerprint density at radius 1 is 0.750 bits per heavy atom. The molecule has 7 aromatic carbocycles. The fourth-order valence-corrected chi connectivity index (χ4v) is 7.49. The van der Waals surface area contributed by atoms with Crippen LogP contribution in [-0.4, -0.2) is 9.38 Å². The zero-order chi connectivity index (χ0) is 27.0. The van der Waals surface area contributed by atoms with Crippen molar-refractivity contribution in [2.75, 3.05) is 5.73 Å². The Hall–Kier alpha value is -5.22. The zero-order valence-electron chi connectivity index (χ0n) is 22.1. The fraction of sp³-hybridized carbons (Fsp3) is 0.0556. The average molecular weight is 514 g/mol. The van der Waals surface area contributed by atoms with Crippen molar-refractivity contribution in [1.82, 2.24) is 9.38 Å². The molecule has 0 amide bonds. The lowest BCUT2D eigenvalue weighted by atomic mass is 9.83. The van der Waals surface area contributed by atoms with Crippen molar-refractivity contribution in [1.29, 1.82) is 0 Å². The molecular formula is C36H23N3O. The van der Waals surface area contributed by atoms with Gasteiger partial charge >= 0.3 is 0 Å². The largest absolute Gasteiger partial charge is 0.399 e. The Bertz CT molecular complexity index is 2690. The molecule has 40 heavy (non-hydrogen) atoms. The van der Waals surface area contributed by atoms with Gasteiger partial charge in [-0.15, -0.1) is 0 Å². The first-order chi connectivity index (χ1) is 19.5. The van der Waals surface area contributed by atoms with E-state index in [-0.39, 0.29) is 5.56 Å². The van der Waals surface area contributed by atoms with E-state index in [0.717, 1.165) is 38.0 Å². The standard InChI is InChI=1S/C36H23N3O/c1-4-19-17(3)20(5-2)22-8-10-24-26-12-14-28-34-27(35-38-29-15-6-18(37)16-30(29)39(35)36(28)40)13-11-25(33(26)34)23-9-7-21(19)31(22)32(23)24/h4-16H,1,37H2,2-3H3/b20-5+. The van der Waals surface area contributed by atoms with Gasteiger partial charge in [0.1, 0.15) is 5.65 Å². The van der Waals surface area contributed by atoms with E-state index in [4.69, 9.17) is 10.7 Å². The maximum Gasteiger partial charge on any atom is 0.264 e. The van der Waals surface area contributed by atoms with Crippen molar-refractivity contribution >= 4 is 99.2 Å². The number of nitrogen functional groups attached to an aromatic ring is 1. The van der Waals surface area contributed by atoms with Gasteiger partial charge in [0.2, 0.25) is 0 Å². The third kappa shape index (κ3) is 2.31. The molecule has 0 aliphatic carbocycles. The minimum atomic E-state index is -0.0655. The molecule has 0 bridgehead atoms. The molecule has 2 aromatic heterocycles. The van der Waals surface area contributed by atoms with Gasteiger partial charge in [0.05, 0.1) is 11.0 Å². The second-order valence-corrected chi connectivity index (χ2v) is 10.9. The van der Waals surface area contributed by atoms with Crippen molar-refractivity contribution in [2.45, 2.75) is 13.8 Å². The predicted octanol–water partition coefficient (Wildman–Crippen LogP) is 7.70. The van der Waals surface area contributed by atoms with Crippen LogP contribution in [0.2, 0.25) is 0 Å². The number of hydrogen-bond acceptors (Lipinski definition) is 3. The highest BCUT2D eigenvalue weighted by atomic mass is 16.1. The van der Waals surface area contributed by atoms with Gasteiger partial charge in [-0.3, -0.25) is 9.20 Å². The van der Waals surface area contributed by atoms with Crippen LogP contribution >= 0.6 is 0 Å². The summed E-state index contributed by atoms with van der Waals surface area (Å²) in [6, 6.07) is 23.0. The van der Waals surface area contributed by atoms with Gasteiger partial charge in [0.15, 0.2) is 0 Å². The number of fused-ring (bicyclic) bond motifs is 6. The number of rotatable bonds is 1. The zero-order valence-corrected chi connectivity index (χ0v) is 22.1. The lowest BCUT2D eigenvalue weighted by molar-refractivity contribution is 1.19. The van der Waals surface area contributed by atoms with E-state index in [1.54, 1.807) is 4.40 Å². The smallest absolute Gasteiger partial charge is 0.264 e. The van der Waals surface area contributed by atoms with E-state index in [0.29, 0.717) is 16.7 Å². The monoisotopic (exact) mass is 513 g/mol. The quantitative estimate of drug-likeness (QED) is 0.139. The molecule has 0 atom stereocenters. The summed E-state index contributed by atoms with van der Waals surface area (Å²) in [5.41, 5.74) is 11.3. The van der Waals surface area contributed by atoms with E-state index >= 15 is 0 Å². The summed E-state index contributed by atoms with van der Waals surface area (Å²) in [5, 5.41) is 14.8. The van der Waals surface area contributed by atoms with Gasteiger partial charge in [-0.2, -0.15) is 0 Å². The highest BCUT2D eigenvalue weighted by molar-refractivity contribution is 6.40. The van der Waals surface area contributed by atoms with Crippen LogP contribution in [0.1, 0.15) is 18.1 Å². The Kier molecular flexibility index (Phi) is 3.82. The first-order valence-electron chi connectivity index (χ1n) is 13.6. The van der Waals surface area contributed by atoms with Crippen molar-refractivity contribution in [3.63, 3.8) is 0 Å². The summed E-state index contributed by atoms with van der Waals surface area (Å²) in [6.07, 6.45) is 4.19. The highest BCUT2D eigenvalue weighted by Gasteiger charge is 2.22. The molecule has 9 rings (SSSR count). The molecule has 0 aliphatic rings. The van der Waals surface area contributed by atoms with Crippen molar-refractivity contribution in [2.24, 2.45) is 0 Å². The summed E-state index contributed by atoms with van der Waals surface area (Å²) in [6.45, 7) is 8.45. The number of pyridine rings is 1. The van der Waals surface area contributed by atoms with Crippen molar-refractivity contribution in [3.05, 3.63) is 100 Å². The molecule has 0 radical (unpaired) electrons. The van der Waals surface area contributed by atoms with E-state index in [1.807, 2.05) is 30.3 Å². The van der Waals surface area contributed by atoms with E-state index in [2.05, 4.69) is 69.0 Å². The molecular weight excluding hydrogens is 490 g/mol. The number of benzene rings is 7. The van der Waals surface area contributed by atoms with Crippen molar-refractivity contribution < 1.29 is 0 Å². The second kappa shape index (κ2) is 7.04. The van der Waals surface area contributed by atoms with Gasteiger partial charge in [-0.05, 0) is 109 Å². The van der Waals surface area contributed by atoms with Gasteiger partial charge in [0, 0.05) is 21.8 Å². The minimum absolute atomic E-state index is 0.0655. The fourth-order valence-electron chi connectivity index (χ4n) is 7.49. The summed E-state index contributed by atoms with van der Waals surface area (Å²) < 4.78 is 1.72. The van der Waals surface area contributed by atoms with Crippen LogP contribution < -0.4 is 16.5 Å². The predicted molar refractivity (Wildman–Crippen MR) is 171 cm³/mol. The number of nitrogens with two attached hydrogens (primary N) is 1. The number of anilines is 1. The molecule has 0 unspecified atom stereocenters. The molecule has 2 heterocycles. The summed E-state index contributed by atoms with van der Waals surface area (Å²) in [4.78, 5) is 18.9. The number of hydrogen-bond donors (Lipinski definition) is 1. The average Bonchev–Trinajstić information content (AvgIpc) is 3.35. The second-order valence-electron chi connectivity index (χ2n) is 10.9. The molecule has 188 valence electrons. The Morgan fingerprint density at radius 2 is 1.30 bits per heavy atom. The van der Waals surface area contributed by atoms with Crippen LogP contribution in [0.25, 0.3) is 93.5 Å². The molecule has 0 saturated carbocycles. The van der Waals surface area contributed by atoms with E-state index in [9.17, 15) is 4.79 Å². The van der Waals surface area contributed by atoms with Gasteiger partial charge in [-0.25, -0.2) is 4.98 Å². The molecule has 0 fully saturated rings. The van der Waals surface area contributed by atoms with Gasteiger partial charge in [0.25, 0.3) is 5.56 Å². The van der Waals surface area contributed by atoms with Crippen molar-refractivity contribution in [3.8, 4) is 0 Å². The third-order valence-corrected chi connectivity index (χ3v) is 9.14. The van der Waals surface area contributed by atoms with E-state index < -0.39 is 0 Å². The summed E-state index contributed by atoms with van der Waals surface area (Å²) in [7, 11) is 0. The Balaban J connectivity index is 1.58. The number of aromatic nitrogens is 2. The van der Waals surface area contributed by atoms with Crippen LogP contribution in [0.4, 0.5) is 5.69 Å². The van der Waals surface area contributed by atoms with Crippen LogP contribution in [-0.2, 0) is 0 Å². The molecule has 4 nitrogen and oxygen atoms in total. The summed E-state index contributed by atoms with van der Waals surface area (Å²) >= 11 is 0. The first kappa shape index (κ1) is 21.7. The number of nitrogens with zero attached hydrogens (tertiary/aromatic N) is 2. The topological polar surface area (TPSA) is 60.4 Å². The maximum atomic E-state index is 14.0. The third-order valence-electron chi connectivity index (χ3n) is 9.14. The highest BCUT2D eigenvalue weighted by Crippen LogP contribution is 2.45. The molecule has 0 saturated heterocycles. The molecule has 9 aromatic rings. The molecule has 4 heteroatoms. The SMILES string of the molecule is C=Cc1c(C)/c(=C\C)c2ccc3c4ccc5c(=O)n6c7cc(N)ccc7nc6c6ccc(c7ccc1c2c37)c4c56. The molecule has 0 aliphatic heterocycles.